The molecule has 2 aliphatic rings. The van der Waals surface area contributed by atoms with Crippen LogP contribution in [0.1, 0.15) is 31.4 Å². The van der Waals surface area contributed by atoms with E-state index in [1.54, 1.807) is 0 Å². The van der Waals surface area contributed by atoms with Crippen molar-refractivity contribution in [1.29, 1.82) is 0 Å². The van der Waals surface area contributed by atoms with Gasteiger partial charge >= 0.3 is 0 Å². The lowest BCUT2D eigenvalue weighted by Gasteiger charge is -2.34. The highest BCUT2D eigenvalue weighted by molar-refractivity contribution is 6.31. The lowest BCUT2D eigenvalue weighted by atomic mass is 10.0. The van der Waals surface area contributed by atoms with E-state index in [1.165, 1.54) is 0 Å². The van der Waals surface area contributed by atoms with Crippen molar-refractivity contribution in [3.05, 3.63) is 40.5 Å². The highest BCUT2D eigenvalue weighted by Crippen LogP contribution is 2.29. The second-order valence-corrected chi connectivity index (χ2v) is 8.89. The maximum Gasteiger partial charge on any atom is 0.225 e. The van der Waals surface area contributed by atoms with E-state index >= 15 is 0 Å². The quantitative estimate of drug-likeness (QED) is 0.691. The zero-order valence-corrected chi connectivity index (χ0v) is 20.3. The van der Waals surface area contributed by atoms with Crippen molar-refractivity contribution in [3.8, 4) is 11.4 Å². The summed E-state index contributed by atoms with van der Waals surface area (Å²) in [6.45, 7) is 10.5. The minimum absolute atomic E-state index is 0.0711. The Morgan fingerprint density at radius 1 is 1.28 bits per heavy atom. The predicted molar refractivity (Wildman–Crippen MR) is 131 cm³/mol. The number of nitrogens with one attached hydrogen (secondary N) is 1. The van der Waals surface area contributed by atoms with Gasteiger partial charge in [-0.1, -0.05) is 37.6 Å². The highest BCUT2D eigenvalue weighted by atomic mass is 35.5. The van der Waals surface area contributed by atoms with Crippen LogP contribution in [0.15, 0.2) is 24.4 Å². The number of halogens is 1. The van der Waals surface area contributed by atoms with Crippen molar-refractivity contribution >= 4 is 23.3 Å². The van der Waals surface area contributed by atoms with Gasteiger partial charge in [-0.15, -0.1) is 0 Å². The molecule has 1 aromatic carbocycles. The number of carbonyl (C=O) groups excluding carboxylic acids is 1. The van der Waals surface area contributed by atoms with Crippen LogP contribution >= 0.6 is 11.6 Å². The molecule has 0 aliphatic carbocycles. The summed E-state index contributed by atoms with van der Waals surface area (Å²) < 4.78 is 0. The second-order valence-electron chi connectivity index (χ2n) is 8.48. The molecule has 174 valence electrons. The second kappa shape index (κ2) is 11.1. The van der Waals surface area contributed by atoms with Gasteiger partial charge in [-0.2, -0.15) is 0 Å². The van der Waals surface area contributed by atoms with Gasteiger partial charge in [-0.25, -0.2) is 9.97 Å². The largest absolute Gasteiger partial charge is 0.356 e. The molecule has 2 fully saturated rings. The number of nitrogens with two attached hydrogens (primary N) is 1. The van der Waals surface area contributed by atoms with Gasteiger partial charge in [0.2, 0.25) is 5.91 Å². The predicted octanol–water partition coefficient (Wildman–Crippen LogP) is 3.09. The summed E-state index contributed by atoms with van der Waals surface area (Å²) in [5.74, 6) is 2.14. The first-order valence-electron chi connectivity index (χ1n) is 11.5. The lowest BCUT2D eigenvalue weighted by molar-refractivity contribution is -0.129. The van der Waals surface area contributed by atoms with Gasteiger partial charge in [-0.05, 0) is 44.5 Å². The molecular weight excluding hydrogens is 424 g/mol. The van der Waals surface area contributed by atoms with Gasteiger partial charge in [-0.3, -0.25) is 4.79 Å². The number of hydrogen-bond donors (Lipinski definition) is 2. The summed E-state index contributed by atoms with van der Waals surface area (Å²) in [6, 6.07) is 5.86. The van der Waals surface area contributed by atoms with Crippen LogP contribution in [0.25, 0.3) is 11.4 Å². The number of benzene rings is 1. The molecule has 1 unspecified atom stereocenters. The third-order valence-electron chi connectivity index (χ3n) is 6.08. The first-order chi connectivity index (χ1) is 15.4. The Labute approximate surface area is 196 Å². The van der Waals surface area contributed by atoms with Crippen molar-refractivity contribution in [3.63, 3.8) is 0 Å². The van der Waals surface area contributed by atoms with Crippen LogP contribution in [-0.2, 0) is 11.3 Å². The smallest absolute Gasteiger partial charge is 0.225 e. The van der Waals surface area contributed by atoms with Crippen LogP contribution in [0.4, 0.5) is 5.82 Å². The van der Waals surface area contributed by atoms with Gasteiger partial charge in [0, 0.05) is 55.1 Å². The van der Waals surface area contributed by atoms with E-state index in [9.17, 15) is 4.79 Å². The molecule has 1 amide bonds. The van der Waals surface area contributed by atoms with Crippen LogP contribution in [0.5, 0.6) is 0 Å². The number of anilines is 1. The fourth-order valence-corrected chi connectivity index (χ4v) is 4.26. The number of aromatic nitrogens is 2. The van der Waals surface area contributed by atoms with E-state index in [2.05, 4.69) is 20.1 Å². The first kappa shape index (κ1) is 24.4. The summed E-state index contributed by atoms with van der Waals surface area (Å²) in [4.78, 5) is 26.3. The minimum Gasteiger partial charge on any atom is -0.356 e. The van der Waals surface area contributed by atoms with Crippen molar-refractivity contribution in [2.45, 2.75) is 33.7 Å². The van der Waals surface area contributed by atoms with Crippen LogP contribution in [0, 0.1) is 18.8 Å². The average molecular weight is 459 g/mol. The molecule has 8 heteroatoms. The van der Waals surface area contributed by atoms with E-state index in [4.69, 9.17) is 22.3 Å². The van der Waals surface area contributed by atoms with Crippen molar-refractivity contribution < 1.29 is 4.79 Å². The van der Waals surface area contributed by atoms with Gasteiger partial charge in [0.1, 0.15) is 5.82 Å². The monoisotopic (exact) mass is 458 g/mol. The summed E-state index contributed by atoms with van der Waals surface area (Å²) >= 11 is 6.31. The van der Waals surface area contributed by atoms with E-state index in [0.29, 0.717) is 29.9 Å². The molecule has 7 nitrogen and oxygen atoms in total. The molecule has 1 aromatic heterocycles. The Morgan fingerprint density at radius 2 is 2.03 bits per heavy atom. The molecule has 2 aliphatic heterocycles. The van der Waals surface area contributed by atoms with Crippen LogP contribution in [0.2, 0.25) is 5.02 Å². The number of rotatable bonds is 6. The van der Waals surface area contributed by atoms with Gasteiger partial charge in [0.05, 0.1) is 5.92 Å². The van der Waals surface area contributed by atoms with E-state index in [0.717, 1.165) is 55.1 Å². The van der Waals surface area contributed by atoms with Crippen molar-refractivity contribution in [2.75, 3.05) is 44.7 Å². The Hall–Kier alpha value is -2.22. The Bertz CT molecular complexity index is 931. The van der Waals surface area contributed by atoms with Crippen LogP contribution < -0.4 is 16.0 Å². The molecule has 3 N–H and O–H groups in total. The van der Waals surface area contributed by atoms with E-state index < -0.39 is 0 Å². The number of carbonyl (C=O) groups is 1. The van der Waals surface area contributed by atoms with Crippen molar-refractivity contribution in [2.24, 2.45) is 17.6 Å². The highest BCUT2D eigenvalue weighted by Gasteiger charge is 2.30. The van der Waals surface area contributed by atoms with Gasteiger partial charge < -0.3 is 20.9 Å². The number of amides is 1. The first-order valence-corrected chi connectivity index (χ1v) is 11.9. The number of likely N-dealkylation sites (tertiary alicyclic amines) is 1. The van der Waals surface area contributed by atoms with Crippen LogP contribution in [0.3, 0.4) is 0 Å². The third kappa shape index (κ3) is 5.57. The normalized spacial score (nSPS) is 18.7. The third-order valence-corrected chi connectivity index (χ3v) is 6.49. The number of aryl methyl sites for hydroxylation is 1. The summed E-state index contributed by atoms with van der Waals surface area (Å²) in [7, 11) is 2.02. The maximum atomic E-state index is 12.4. The Morgan fingerprint density at radius 3 is 2.66 bits per heavy atom. The van der Waals surface area contributed by atoms with Crippen LogP contribution in [-0.4, -0.2) is 60.5 Å². The zero-order chi connectivity index (χ0) is 23.3. The van der Waals surface area contributed by atoms with E-state index in [1.807, 2.05) is 52.2 Å². The average Bonchev–Trinajstić information content (AvgIpc) is 3.27. The topological polar surface area (TPSA) is 87.4 Å². The van der Waals surface area contributed by atoms with Gasteiger partial charge in [0.25, 0.3) is 0 Å². The molecule has 0 bridgehead atoms. The molecule has 1 atom stereocenters. The Kier molecular flexibility index (Phi) is 8.45. The van der Waals surface area contributed by atoms with E-state index in [-0.39, 0.29) is 11.8 Å². The molecule has 3 heterocycles. The Balaban J connectivity index is 0.00000141. The van der Waals surface area contributed by atoms with Gasteiger partial charge in [0.15, 0.2) is 5.82 Å². The molecule has 0 radical (unpaired) electrons. The summed E-state index contributed by atoms with van der Waals surface area (Å²) in [5, 5.41) is 3.77. The molecule has 0 spiro atoms. The molecule has 0 saturated carbocycles. The maximum absolute atomic E-state index is 12.4. The lowest BCUT2D eigenvalue weighted by Crippen LogP contribution is -2.51. The fraction of sp³-hybridized carbons (Fsp3) is 0.542. The molecule has 32 heavy (non-hydrogen) atoms. The minimum atomic E-state index is 0.0711. The molecular formula is C24H35ClN6O. The fourth-order valence-electron chi connectivity index (χ4n) is 4.08. The molecule has 2 saturated heterocycles. The number of nitrogens with zero attached hydrogens (tertiary/aromatic N) is 4. The summed E-state index contributed by atoms with van der Waals surface area (Å²) in [5.41, 5.74) is 8.72. The summed E-state index contributed by atoms with van der Waals surface area (Å²) in [6.07, 6.45) is 2.88. The standard InChI is InChI=1S/C22H29ClN6O.C2H6/c1-14-3-4-16(7-19(14)23)20-25-9-17(10-26-22(30)18-12-28(2)13-18)21(27-20)29-6-5-15(8-24)11-29;1-2/h3-4,7,9,15,18H,5-6,8,10-13,24H2,1-2H3,(H,26,30);1-2H3. The molecule has 4 rings (SSSR count). The molecule has 2 aromatic rings. The zero-order valence-electron chi connectivity index (χ0n) is 19.6. The SMILES string of the molecule is CC.Cc1ccc(-c2ncc(CNC(=O)C3CN(C)C3)c(N3CCC(CN)C3)n2)cc1Cl. The number of hydrogen-bond acceptors (Lipinski definition) is 6. The van der Waals surface area contributed by atoms with Crippen molar-refractivity contribution in [1.82, 2.24) is 20.2 Å².